The Labute approximate surface area is 104 Å². The van der Waals surface area contributed by atoms with E-state index in [1.54, 1.807) is 19.1 Å². The normalized spacial score (nSPS) is 15.7. The molecule has 1 aromatic rings. The quantitative estimate of drug-likeness (QED) is 0.835. The fraction of sp³-hybridized carbons (Fsp3) is 0.600. The zero-order chi connectivity index (χ0) is 13.2. The van der Waals surface area contributed by atoms with Crippen LogP contribution in [0, 0.1) is 24.1 Å². The first kappa shape index (κ1) is 14.2. The van der Waals surface area contributed by atoms with Crippen molar-refractivity contribution in [2.24, 2.45) is 11.3 Å². The molecule has 0 bridgehead atoms. The minimum absolute atomic E-state index is 0.157. The molecule has 96 valence electrons. The lowest BCUT2D eigenvalue weighted by molar-refractivity contribution is 0.110. The Hall–Kier alpha value is -0.890. The van der Waals surface area contributed by atoms with E-state index < -0.39 is 6.10 Å². The zero-order valence-corrected chi connectivity index (χ0v) is 11.4. The molecule has 0 saturated carbocycles. The van der Waals surface area contributed by atoms with Gasteiger partial charge in [0.2, 0.25) is 0 Å². The zero-order valence-electron chi connectivity index (χ0n) is 11.4. The highest BCUT2D eigenvalue weighted by atomic mass is 19.1. The molecule has 0 aliphatic carbocycles. The van der Waals surface area contributed by atoms with Gasteiger partial charge in [-0.2, -0.15) is 0 Å². The molecule has 0 heterocycles. The third-order valence-electron chi connectivity index (χ3n) is 3.64. The van der Waals surface area contributed by atoms with Crippen molar-refractivity contribution in [1.82, 2.24) is 0 Å². The van der Waals surface area contributed by atoms with Gasteiger partial charge < -0.3 is 5.11 Å². The largest absolute Gasteiger partial charge is 0.388 e. The van der Waals surface area contributed by atoms with E-state index in [4.69, 9.17) is 0 Å². The molecule has 0 amide bonds. The van der Waals surface area contributed by atoms with E-state index in [-0.39, 0.29) is 11.2 Å². The summed E-state index contributed by atoms with van der Waals surface area (Å²) in [4.78, 5) is 0. The van der Waals surface area contributed by atoms with Crippen LogP contribution >= 0.6 is 0 Å². The third kappa shape index (κ3) is 3.81. The van der Waals surface area contributed by atoms with Gasteiger partial charge in [0.1, 0.15) is 5.82 Å². The second-order valence-electron chi connectivity index (χ2n) is 6.03. The summed E-state index contributed by atoms with van der Waals surface area (Å²) in [6, 6.07) is 4.96. The van der Waals surface area contributed by atoms with Crippen LogP contribution in [0.3, 0.4) is 0 Å². The standard InChI is InChI=1S/C15H23FO/c1-10-6-7-12(9-13(10)16)14(17)8-11(2)15(3,4)5/h6-7,9,11,14,17H,8H2,1-5H3. The Morgan fingerprint density at radius 2 is 1.88 bits per heavy atom. The predicted octanol–water partition coefficient (Wildman–Crippen LogP) is 4.24. The molecule has 2 unspecified atom stereocenters. The fourth-order valence-corrected chi connectivity index (χ4v) is 1.64. The fourth-order valence-electron chi connectivity index (χ4n) is 1.64. The monoisotopic (exact) mass is 238 g/mol. The van der Waals surface area contributed by atoms with E-state index in [0.29, 0.717) is 23.5 Å². The number of rotatable bonds is 3. The maximum absolute atomic E-state index is 13.4. The molecule has 0 radical (unpaired) electrons. The van der Waals surface area contributed by atoms with E-state index in [0.717, 1.165) is 0 Å². The van der Waals surface area contributed by atoms with Crippen molar-refractivity contribution < 1.29 is 9.50 Å². The highest BCUT2D eigenvalue weighted by Gasteiger charge is 2.23. The molecule has 0 aromatic heterocycles. The van der Waals surface area contributed by atoms with E-state index in [2.05, 4.69) is 27.7 Å². The molecule has 17 heavy (non-hydrogen) atoms. The second-order valence-corrected chi connectivity index (χ2v) is 6.03. The van der Waals surface area contributed by atoms with Crippen molar-refractivity contribution in [1.29, 1.82) is 0 Å². The molecule has 1 nitrogen and oxygen atoms in total. The summed E-state index contributed by atoms with van der Waals surface area (Å²) < 4.78 is 13.4. The number of hydrogen-bond donors (Lipinski definition) is 1. The Balaban J connectivity index is 2.76. The smallest absolute Gasteiger partial charge is 0.126 e. The summed E-state index contributed by atoms with van der Waals surface area (Å²) in [5.74, 6) is 0.131. The van der Waals surface area contributed by atoms with Gasteiger partial charge in [-0.25, -0.2) is 4.39 Å². The van der Waals surface area contributed by atoms with Gasteiger partial charge in [-0.15, -0.1) is 0 Å². The molecule has 2 heteroatoms. The summed E-state index contributed by atoms with van der Waals surface area (Å²) in [6.07, 6.45) is 0.0748. The van der Waals surface area contributed by atoms with Crippen molar-refractivity contribution in [2.45, 2.75) is 47.1 Å². The van der Waals surface area contributed by atoms with Crippen LogP contribution in [0.25, 0.3) is 0 Å². The molecule has 1 rings (SSSR count). The minimum atomic E-state index is -0.584. The van der Waals surface area contributed by atoms with Crippen LogP contribution in [0.15, 0.2) is 18.2 Å². The average Bonchev–Trinajstić information content (AvgIpc) is 2.20. The Bertz CT molecular complexity index is 379. The summed E-state index contributed by atoms with van der Waals surface area (Å²) >= 11 is 0. The lowest BCUT2D eigenvalue weighted by Crippen LogP contribution is -2.19. The summed E-state index contributed by atoms with van der Waals surface area (Å²) in [7, 11) is 0. The van der Waals surface area contributed by atoms with Crippen LogP contribution in [0.5, 0.6) is 0 Å². The van der Waals surface area contributed by atoms with Crippen molar-refractivity contribution in [2.75, 3.05) is 0 Å². The summed E-state index contributed by atoms with van der Waals surface area (Å²) in [6.45, 7) is 10.3. The van der Waals surface area contributed by atoms with Crippen molar-refractivity contribution in [3.05, 3.63) is 35.1 Å². The van der Waals surface area contributed by atoms with E-state index >= 15 is 0 Å². The molecule has 1 N–H and O–H groups in total. The molecule has 2 atom stereocenters. The number of aryl methyl sites for hydroxylation is 1. The van der Waals surface area contributed by atoms with Gasteiger partial charge in [-0.1, -0.05) is 39.8 Å². The van der Waals surface area contributed by atoms with E-state index in [9.17, 15) is 9.50 Å². The first-order valence-corrected chi connectivity index (χ1v) is 6.16. The first-order valence-electron chi connectivity index (χ1n) is 6.16. The number of hydrogen-bond acceptors (Lipinski definition) is 1. The molecule has 0 aliphatic rings. The van der Waals surface area contributed by atoms with Gasteiger partial charge in [0.25, 0.3) is 0 Å². The van der Waals surface area contributed by atoms with Crippen molar-refractivity contribution >= 4 is 0 Å². The van der Waals surface area contributed by atoms with Crippen molar-refractivity contribution in [3.8, 4) is 0 Å². The maximum atomic E-state index is 13.4. The molecular weight excluding hydrogens is 215 g/mol. The van der Waals surface area contributed by atoms with Gasteiger partial charge in [0.15, 0.2) is 0 Å². The van der Waals surface area contributed by atoms with Crippen LogP contribution in [0.1, 0.15) is 51.3 Å². The van der Waals surface area contributed by atoms with Gasteiger partial charge in [0, 0.05) is 0 Å². The predicted molar refractivity (Wildman–Crippen MR) is 69.3 cm³/mol. The molecule has 0 saturated heterocycles. The number of halogens is 1. The molecular formula is C15H23FO. The average molecular weight is 238 g/mol. The number of aliphatic hydroxyl groups excluding tert-OH is 1. The van der Waals surface area contributed by atoms with Gasteiger partial charge >= 0.3 is 0 Å². The number of benzene rings is 1. The van der Waals surface area contributed by atoms with Crippen LogP contribution < -0.4 is 0 Å². The lowest BCUT2D eigenvalue weighted by Gasteiger charge is -2.29. The first-order chi connectivity index (χ1) is 7.71. The molecule has 0 aliphatic heterocycles. The van der Waals surface area contributed by atoms with Crippen molar-refractivity contribution in [3.63, 3.8) is 0 Å². The molecule has 0 spiro atoms. The van der Waals surface area contributed by atoms with Crippen LogP contribution in [-0.2, 0) is 0 Å². The minimum Gasteiger partial charge on any atom is -0.388 e. The summed E-state index contributed by atoms with van der Waals surface area (Å²) in [5.41, 5.74) is 1.44. The lowest BCUT2D eigenvalue weighted by atomic mass is 9.78. The van der Waals surface area contributed by atoms with Gasteiger partial charge in [-0.05, 0) is 41.9 Å². The van der Waals surface area contributed by atoms with Crippen LogP contribution in [-0.4, -0.2) is 5.11 Å². The van der Waals surface area contributed by atoms with E-state index in [1.165, 1.54) is 6.07 Å². The van der Waals surface area contributed by atoms with Crippen LogP contribution in [0.4, 0.5) is 4.39 Å². The topological polar surface area (TPSA) is 20.2 Å². The van der Waals surface area contributed by atoms with Gasteiger partial charge in [0.05, 0.1) is 6.10 Å². The Morgan fingerprint density at radius 3 is 2.35 bits per heavy atom. The highest BCUT2D eigenvalue weighted by Crippen LogP contribution is 2.33. The summed E-state index contributed by atoms with van der Waals surface area (Å²) in [5, 5.41) is 10.1. The Kier molecular flexibility index (Phi) is 4.31. The maximum Gasteiger partial charge on any atom is 0.126 e. The highest BCUT2D eigenvalue weighted by molar-refractivity contribution is 5.24. The number of aliphatic hydroxyl groups is 1. The van der Waals surface area contributed by atoms with E-state index in [1.807, 2.05) is 0 Å². The molecule has 1 aromatic carbocycles. The Morgan fingerprint density at radius 1 is 1.29 bits per heavy atom. The second kappa shape index (κ2) is 5.18. The molecule has 0 fully saturated rings. The van der Waals surface area contributed by atoms with Gasteiger partial charge in [-0.3, -0.25) is 0 Å². The SMILES string of the molecule is Cc1ccc(C(O)CC(C)C(C)(C)C)cc1F. The third-order valence-corrected chi connectivity index (χ3v) is 3.64. The van der Waals surface area contributed by atoms with Crippen LogP contribution in [0.2, 0.25) is 0 Å².